The van der Waals surface area contributed by atoms with Crippen LogP contribution < -0.4 is 10.6 Å². The molecule has 0 saturated carbocycles. The standard InChI is InChI=1S/C24H26ClN3O4/c1-14(2)32-13-12-28-23(30)21(17-8-10-18(11-9-17)26-16(4)29)22(24(28)31)27-20-7-5-6-19(25)15(20)3/h5-11,14,27H,12-13H2,1-4H3,(H,26,29). The van der Waals surface area contributed by atoms with Crippen molar-refractivity contribution in [2.24, 2.45) is 0 Å². The van der Waals surface area contributed by atoms with Gasteiger partial charge in [-0.25, -0.2) is 0 Å². The minimum Gasteiger partial charge on any atom is -0.377 e. The molecule has 1 heterocycles. The minimum atomic E-state index is -0.428. The number of carbonyl (C=O) groups excluding carboxylic acids is 3. The lowest BCUT2D eigenvalue weighted by Crippen LogP contribution is -2.35. The second-order valence-corrected chi connectivity index (χ2v) is 8.13. The zero-order valence-electron chi connectivity index (χ0n) is 18.5. The van der Waals surface area contributed by atoms with Crippen molar-refractivity contribution in [2.45, 2.75) is 33.8 Å². The van der Waals surface area contributed by atoms with E-state index in [1.807, 2.05) is 20.8 Å². The summed E-state index contributed by atoms with van der Waals surface area (Å²) in [6.45, 7) is 7.42. The summed E-state index contributed by atoms with van der Waals surface area (Å²) in [5, 5.41) is 6.37. The summed E-state index contributed by atoms with van der Waals surface area (Å²) in [4.78, 5) is 39.0. The van der Waals surface area contributed by atoms with E-state index in [1.165, 1.54) is 11.8 Å². The highest BCUT2D eigenvalue weighted by molar-refractivity contribution is 6.36. The first-order chi connectivity index (χ1) is 15.2. The maximum absolute atomic E-state index is 13.3. The maximum Gasteiger partial charge on any atom is 0.278 e. The molecule has 0 fully saturated rings. The fourth-order valence-electron chi connectivity index (χ4n) is 3.34. The van der Waals surface area contributed by atoms with E-state index < -0.39 is 11.8 Å². The van der Waals surface area contributed by atoms with Crippen LogP contribution in [0.15, 0.2) is 48.2 Å². The van der Waals surface area contributed by atoms with Gasteiger partial charge in [0.25, 0.3) is 11.8 Å². The molecule has 0 radical (unpaired) electrons. The predicted octanol–water partition coefficient (Wildman–Crippen LogP) is 4.22. The first-order valence-corrected chi connectivity index (χ1v) is 10.7. The SMILES string of the molecule is CC(=O)Nc1ccc(C2=C(Nc3cccc(Cl)c3C)C(=O)N(CCOC(C)C)C2=O)cc1. The molecule has 0 atom stereocenters. The van der Waals surface area contributed by atoms with Crippen molar-refractivity contribution in [3.05, 3.63) is 64.3 Å². The lowest BCUT2D eigenvalue weighted by atomic mass is 10.0. The van der Waals surface area contributed by atoms with Crippen LogP contribution in [0.3, 0.4) is 0 Å². The molecule has 0 unspecified atom stereocenters. The molecule has 1 aliphatic heterocycles. The van der Waals surface area contributed by atoms with Gasteiger partial charge < -0.3 is 15.4 Å². The number of ether oxygens (including phenoxy) is 1. The van der Waals surface area contributed by atoms with Crippen molar-refractivity contribution in [3.8, 4) is 0 Å². The second-order valence-electron chi connectivity index (χ2n) is 7.73. The summed E-state index contributed by atoms with van der Waals surface area (Å²) in [5.74, 6) is -1.03. The number of anilines is 2. The Labute approximate surface area is 192 Å². The van der Waals surface area contributed by atoms with E-state index in [1.54, 1.807) is 42.5 Å². The van der Waals surface area contributed by atoms with Crippen LogP contribution in [0.4, 0.5) is 11.4 Å². The number of nitrogens with zero attached hydrogens (tertiary/aromatic N) is 1. The molecule has 1 aliphatic rings. The molecule has 0 aliphatic carbocycles. The first kappa shape index (κ1) is 23.5. The van der Waals surface area contributed by atoms with Crippen LogP contribution in [0, 0.1) is 6.92 Å². The van der Waals surface area contributed by atoms with Gasteiger partial charge in [0.2, 0.25) is 5.91 Å². The van der Waals surface area contributed by atoms with Crippen molar-refractivity contribution >= 4 is 46.3 Å². The number of halogens is 1. The topological polar surface area (TPSA) is 87.7 Å². The average molecular weight is 456 g/mol. The lowest BCUT2D eigenvalue weighted by Gasteiger charge is -2.17. The smallest absolute Gasteiger partial charge is 0.278 e. The van der Waals surface area contributed by atoms with Gasteiger partial charge in [-0.1, -0.05) is 29.8 Å². The van der Waals surface area contributed by atoms with E-state index in [9.17, 15) is 14.4 Å². The molecular formula is C24H26ClN3O4. The van der Waals surface area contributed by atoms with Gasteiger partial charge in [0, 0.05) is 23.3 Å². The number of imide groups is 1. The molecule has 168 valence electrons. The average Bonchev–Trinajstić information content (AvgIpc) is 2.95. The first-order valence-electron chi connectivity index (χ1n) is 10.3. The van der Waals surface area contributed by atoms with Crippen molar-refractivity contribution in [1.82, 2.24) is 4.90 Å². The number of nitrogens with one attached hydrogen (secondary N) is 2. The van der Waals surface area contributed by atoms with Crippen LogP contribution in [0.1, 0.15) is 31.9 Å². The summed E-state index contributed by atoms with van der Waals surface area (Å²) in [6.07, 6.45) is -0.0109. The van der Waals surface area contributed by atoms with Gasteiger partial charge in [-0.15, -0.1) is 0 Å². The summed E-state index contributed by atoms with van der Waals surface area (Å²) in [7, 11) is 0. The Morgan fingerprint density at radius 3 is 2.41 bits per heavy atom. The van der Waals surface area contributed by atoms with Crippen LogP contribution in [0.2, 0.25) is 5.02 Å². The molecule has 0 bridgehead atoms. The summed E-state index contributed by atoms with van der Waals surface area (Å²) in [6, 6.07) is 12.1. The third kappa shape index (κ3) is 5.18. The molecule has 0 saturated heterocycles. The third-order valence-corrected chi connectivity index (χ3v) is 5.36. The van der Waals surface area contributed by atoms with Gasteiger partial charge in [-0.3, -0.25) is 19.3 Å². The molecule has 8 heteroatoms. The van der Waals surface area contributed by atoms with Crippen LogP contribution in [0.5, 0.6) is 0 Å². The third-order valence-electron chi connectivity index (χ3n) is 4.96. The summed E-state index contributed by atoms with van der Waals surface area (Å²) < 4.78 is 5.54. The predicted molar refractivity (Wildman–Crippen MR) is 125 cm³/mol. The Morgan fingerprint density at radius 1 is 1.09 bits per heavy atom. The van der Waals surface area contributed by atoms with Crippen LogP contribution in [-0.4, -0.2) is 41.9 Å². The highest BCUT2D eigenvalue weighted by Gasteiger charge is 2.39. The molecule has 7 nitrogen and oxygen atoms in total. The Bertz CT molecular complexity index is 1080. The van der Waals surface area contributed by atoms with E-state index >= 15 is 0 Å². The van der Waals surface area contributed by atoms with Gasteiger partial charge in [0.05, 0.1) is 24.8 Å². The van der Waals surface area contributed by atoms with Gasteiger partial charge in [-0.2, -0.15) is 0 Å². The normalized spacial score (nSPS) is 13.9. The fraction of sp³-hybridized carbons (Fsp3) is 0.292. The van der Waals surface area contributed by atoms with Crippen molar-refractivity contribution in [3.63, 3.8) is 0 Å². The number of carbonyl (C=O) groups is 3. The number of hydrogen-bond acceptors (Lipinski definition) is 5. The van der Waals surface area contributed by atoms with E-state index in [2.05, 4.69) is 10.6 Å². The molecule has 32 heavy (non-hydrogen) atoms. The molecule has 0 spiro atoms. The van der Waals surface area contributed by atoms with Gasteiger partial charge >= 0.3 is 0 Å². The molecule has 2 N–H and O–H groups in total. The van der Waals surface area contributed by atoms with Gasteiger partial charge in [0.15, 0.2) is 0 Å². The Hall–Kier alpha value is -3.16. The van der Waals surface area contributed by atoms with E-state index in [0.717, 1.165) is 5.56 Å². The van der Waals surface area contributed by atoms with Crippen LogP contribution in [-0.2, 0) is 19.1 Å². The molecule has 3 rings (SSSR count). The van der Waals surface area contributed by atoms with E-state index in [0.29, 0.717) is 22.0 Å². The van der Waals surface area contributed by atoms with Gasteiger partial charge in [0.1, 0.15) is 5.70 Å². The maximum atomic E-state index is 13.3. The second kappa shape index (κ2) is 9.97. The number of benzene rings is 2. The lowest BCUT2D eigenvalue weighted by molar-refractivity contribution is -0.138. The summed E-state index contributed by atoms with van der Waals surface area (Å²) >= 11 is 6.23. The molecular weight excluding hydrogens is 430 g/mol. The molecule has 0 aromatic heterocycles. The molecule has 2 aromatic rings. The fourth-order valence-corrected chi connectivity index (χ4v) is 3.52. The quantitative estimate of drug-likeness (QED) is 0.582. The van der Waals surface area contributed by atoms with Crippen molar-refractivity contribution < 1.29 is 19.1 Å². The van der Waals surface area contributed by atoms with E-state index in [4.69, 9.17) is 16.3 Å². The number of amides is 3. The molecule has 2 aromatic carbocycles. The van der Waals surface area contributed by atoms with Crippen LogP contribution in [0.25, 0.3) is 5.57 Å². The minimum absolute atomic E-state index is 0.0109. The van der Waals surface area contributed by atoms with Crippen molar-refractivity contribution in [2.75, 3.05) is 23.8 Å². The highest BCUT2D eigenvalue weighted by Crippen LogP contribution is 2.33. The monoisotopic (exact) mass is 455 g/mol. The Morgan fingerprint density at radius 2 is 1.78 bits per heavy atom. The Kier molecular flexibility index (Phi) is 7.33. The zero-order valence-corrected chi connectivity index (χ0v) is 19.2. The number of rotatable bonds is 8. The van der Waals surface area contributed by atoms with E-state index in [-0.39, 0.29) is 36.4 Å². The highest BCUT2D eigenvalue weighted by atomic mass is 35.5. The Balaban J connectivity index is 1.99. The summed E-state index contributed by atoms with van der Waals surface area (Å²) in [5.41, 5.74) is 3.00. The van der Waals surface area contributed by atoms with Crippen molar-refractivity contribution in [1.29, 1.82) is 0 Å². The number of hydrogen-bond donors (Lipinski definition) is 2. The van der Waals surface area contributed by atoms with Gasteiger partial charge in [-0.05, 0) is 56.2 Å². The largest absolute Gasteiger partial charge is 0.377 e. The van der Waals surface area contributed by atoms with Crippen LogP contribution >= 0.6 is 11.6 Å². The molecule has 3 amide bonds. The zero-order chi connectivity index (χ0) is 23.4.